The molecular formula is C9H15N5O2S. The van der Waals surface area contributed by atoms with Crippen LogP contribution >= 0.6 is 0 Å². The molecule has 0 aliphatic carbocycles. The molecule has 7 nitrogen and oxygen atoms in total. The molecule has 0 bridgehead atoms. The number of rotatable bonds is 3. The molecule has 0 heterocycles. The summed E-state index contributed by atoms with van der Waals surface area (Å²) in [5.74, 6) is 5.59. The van der Waals surface area contributed by atoms with Crippen molar-refractivity contribution in [3.63, 3.8) is 0 Å². The van der Waals surface area contributed by atoms with Gasteiger partial charge in [0.1, 0.15) is 0 Å². The molecule has 1 aromatic rings. The van der Waals surface area contributed by atoms with Gasteiger partial charge in [0.05, 0.1) is 4.90 Å². The summed E-state index contributed by atoms with van der Waals surface area (Å²) in [6, 6.07) is 6.06. The first-order valence-corrected chi connectivity index (χ1v) is 6.43. The van der Waals surface area contributed by atoms with E-state index in [-0.39, 0.29) is 4.90 Å². The van der Waals surface area contributed by atoms with Gasteiger partial charge in [-0.15, -0.1) is 0 Å². The van der Waals surface area contributed by atoms with Crippen molar-refractivity contribution < 1.29 is 8.42 Å². The second-order valence-corrected chi connectivity index (χ2v) is 4.73. The van der Waals surface area contributed by atoms with Crippen LogP contribution in [0.5, 0.6) is 0 Å². The van der Waals surface area contributed by atoms with Crippen molar-refractivity contribution >= 4 is 21.7 Å². The SMILES string of the molecule is CCN=C(NN)Nc1cccc(S(N)(=O)=O)c1. The third-order valence-corrected chi connectivity index (χ3v) is 2.79. The van der Waals surface area contributed by atoms with Gasteiger partial charge in [0.25, 0.3) is 0 Å². The molecule has 0 saturated heterocycles. The maximum atomic E-state index is 11.1. The van der Waals surface area contributed by atoms with Crippen LogP contribution < -0.4 is 21.7 Å². The van der Waals surface area contributed by atoms with E-state index in [0.29, 0.717) is 18.2 Å². The highest BCUT2D eigenvalue weighted by atomic mass is 32.2. The van der Waals surface area contributed by atoms with E-state index in [0.717, 1.165) is 0 Å². The topological polar surface area (TPSA) is 123 Å². The predicted molar refractivity (Wildman–Crippen MR) is 66.7 cm³/mol. The average molecular weight is 257 g/mol. The highest BCUT2D eigenvalue weighted by Gasteiger charge is 2.08. The first-order chi connectivity index (χ1) is 7.97. The normalized spacial score (nSPS) is 12.3. The Morgan fingerprint density at radius 3 is 2.71 bits per heavy atom. The highest BCUT2D eigenvalue weighted by molar-refractivity contribution is 7.89. The van der Waals surface area contributed by atoms with Crippen LogP contribution in [0, 0.1) is 0 Å². The largest absolute Gasteiger partial charge is 0.325 e. The average Bonchev–Trinajstić information content (AvgIpc) is 2.28. The second kappa shape index (κ2) is 5.62. The maximum absolute atomic E-state index is 11.1. The van der Waals surface area contributed by atoms with Gasteiger partial charge in [0.2, 0.25) is 16.0 Å². The van der Waals surface area contributed by atoms with E-state index < -0.39 is 10.0 Å². The number of anilines is 1. The fraction of sp³-hybridized carbons (Fsp3) is 0.222. The van der Waals surface area contributed by atoms with Gasteiger partial charge >= 0.3 is 0 Å². The summed E-state index contributed by atoms with van der Waals surface area (Å²) in [5.41, 5.74) is 2.90. The number of hydrazine groups is 1. The number of nitrogens with zero attached hydrogens (tertiary/aromatic N) is 1. The molecule has 0 aliphatic heterocycles. The third-order valence-electron chi connectivity index (χ3n) is 1.88. The third kappa shape index (κ3) is 4.02. The van der Waals surface area contributed by atoms with Crippen molar-refractivity contribution in [2.75, 3.05) is 11.9 Å². The van der Waals surface area contributed by atoms with Gasteiger partial charge in [-0.2, -0.15) is 0 Å². The zero-order valence-corrected chi connectivity index (χ0v) is 10.2. The molecule has 0 unspecified atom stereocenters. The van der Waals surface area contributed by atoms with Crippen LogP contribution in [0.4, 0.5) is 5.69 Å². The standard InChI is InChI=1S/C9H15N5O2S/c1-2-12-9(14-10)13-7-4-3-5-8(6-7)17(11,15)16/h3-6H,2,10H2,1H3,(H2,11,15,16)(H2,12,13,14). The lowest BCUT2D eigenvalue weighted by Crippen LogP contribution is -2.36. The van der Waals surface area contributed by atoms with Gasteiger partial charge in [0, 0.05) is 12.2 Å². The molecule has 17 heavy (non-hydrogen) atoms. The lowest BCUT2D eigenvalue weighted by molar-refractivity contribution is 0.598. The maximum Gasteiger partial charge on any atom is 0.238 e. The zero-order chi connectivity index (χ0) is 12.9. The number of guanidine groups is 1. The minimum Gasteiger partial charge on any atom is -0.325 e. The Labute approximate surface area is 99.9 Å². The van der Waals surface area contributed by atoms with Crippen LogP contribution in [0.3, 0.4) is 0 Å². The van der Waals surface area contributed by atoms with Gasteiger partial charge in [-0.25, -0.2) is 19.4 Å². The molecule has 0 fully saturated rings. The van der Waals surface area contributed by atoms with E-state index >= 15 is 0 Å². The molecule has 0 radical (unpaired) electrons. The van der Waals surface area contributed by atoms with Crippen LogP contribution in [0.1, 0.15) is 6.92 Å². The lowest BCUT2D eigenvalue weighted by Gasteiger charge is -2.09. The highest BCUT2D eigenvalue weighted by Crippen LogP contribution is 2.13. The van der Waals surface area contributed by atoms with E-state index in [1.165, 1.54) is 12.1 Å². The van der Waals surface area contributed by atoms with Gasteiger partial charge in [-0.05, 0) is 25.1 Å². The molecule has 0 aliphatic rings. The molecular weight excluding hydrogens is 242 g/mol. The fourth-order valence-corrected chi connectivity index (χ4v) is 1.73. The first-order valence-electron chi connectivity index (χ1n) is 4.88. The van der Waals surface area contributed by atoms with Crippen molar-refractivity contribution in [3.05, 3.63) is 24.3 Å². The number of nitrogens with two attached hydrogens (primary N) is 2. The summed E-state index contributed by atoms with van der Waals surface area (Å²) >= 11 is 0. The minimum absolute atomic E-state index is 0.0235. The summed E-state index contributed by atoms with van der Waals surface area (Å²) in [7, 11) is -3.71. The summed E-state index contributed by atoms with van der Waals surface area (Å²) in [6.07, 6.45) is 0. The molecule has 0 aromatic heterocycles. The van der Waals surface area contributed by atoms with Crippen LogP contribution in [0.2, 0.25) is 0 Å². The van der Waals surface area contributed by atoms with Gasteiger partial charge in [0.15, 0.2) is 0 Å². The summed E-state index contributed by atoms with van der Waals surface area (Å²) in [6.45, 7) is 2.39. The predicted octanol–water partition coefficient (Wildman–Crippen LogP) is -0.415. The van der Waals surface area contributed by atoms with Gasteiger partial charge < -0.3 is 5.32 Å². The van der Waals surface area contributed by atoms with Crippen LogP contribution in [-0.4, -0.2) is 20.9 Å². The molecule has 0 atom stereocenters. The van der Waals surface area contributed by atoms with E-state index in [1.54, 1.807) is 12.1 Å². The second-order valence-electron chi connectivity index (χ2n) is 3.17. The smallest absolute Gasteiger partial charge is 0.238 e. The fourth-order valence-electron chi connectivity index (χ4n) is 1.17. The molecule has 0 amide bonds. The van der Waals surface area contributed by atoms with Gasteiger partial charge in [-0.1, -0.05) is 6.07 Å². The Hall–Kier alpha value is -1.64. The van der Waals surface area contributed by atoms with Crippen molar-refractivity contribution in [3.8, 4) is 0 Å². The number of nitrogens with one attached hydrogen (secondary N) is 2. The van der Waals surface area contributed by atoms with E-state index in [9.17, 15) is 8.42 Å². The van der Waals surface area contributed by atoms with Crippen LogP contribution in [0.15, 0.2) is 34.2 Å². The Balaban J connectivity index is 2.97. The van der Waals surface area contributed by atoms with Gasteiger partial charge in [-0.3, -0.25) is 10.4 Å². The molecule has 0 saturated carbocycles. The number of aliphatic imine (C=N–C) groups is 1. The number of primary sulfonamides is 1. The van der Waals surface area contributed by atoms with E-state index in [4.69, 9.17) is 11.0 Å². The first kappa shape index (κ1) is 13.4. The molecule has 94 valence electrons. The Morgan fingerprint density at radius 2 is 2.18 bits per heavy atom. The number of hydrogen-bond acceptors (Lipinski definition) is 4. The molecule has 8 heteroatoms. The zero-order valence-electron chi connectivity index (χ0n) is 9.34. The number of hydrogen-bond donors (Lipinski definition) is 4. The summed E-state index contributed by atoms with van der Waals surface area (Å²) in [5, 5.41) is 7.86. The molecule has 6 N–H and O–H groups in total. The Bertz CT molecular complexity index is 512. The van der Waals surface area contributed by atoms with Crippen molar-refractivity contribution in [2.24, 2.45) is 16.0 Å². The summed E-state index contributed by atoms with van der Waals surface area (Å²) < 4.78 is 22.3. The summed E-state index contributed by atoms with van der Waals surface area (Å²) in [4.78, 5) is 4.04. The minimum atomic E-state index is -3.71. The number of benzene rings is 1. The van der Waals surface area contributed by atoms with Crippen LogP contribution in [0.25, 0.3) is 0 Å². The quantitative estimate of drug-likeness (QED) is 0.253. The molecule has 1 aromatic carbocycles. The van der Waals surface area contributed by atoms with E-state index in [2.05, 4.69) is 15.7 Å². The lowest BCUT2D eigenvalue weighted by atomic mass is 10.3. The molecule has 0 spiro atoms. The Kier molecular flexibility index (Phi) is 4.44. The van der Waals surface area contributed by atoms with Crippen molar-refractivity contribution in [1.29, 1.82) is 0 Å². The Morgan fingerprint density at radius 1 is 1.47 bits per heavy atom. The van der Waals surface area contributed by atoms with Crippen molar-refractivity contribution in [1.82, 2.24) is 5.43 Å². The van der Waals surface area contributed by atoms with Crippen LogP contribution in [-0.2, 0) is 10.0 Å². The van der Waals surface area contributed by atoms with Crippen molar-refractivity contribution in [2.45, 2.75) is 11.8 Å². The van der Waals surface area contributed by atoms with E-state index in [1.807, 2.05) is 6.92 Å². The molecule has 1 rings (SSSR count). The monoisotopic (exact) mass is 257 g/mol. The number of sulfonamides is 1.